The molecule has 3 aliphatic heterocycles. The number of morpholine rings is 1. The normalized spacial score (nSPS) is 24.7. The Balaban J connectivity index is 1.37. The number of hydrogen-bond acceptors (Lipinski definition) is 8. The summed E-state index contributed by atoms with van der Waals surface area (Å²) in [6.45, 7) is 5.48. The minimum atomic E-state index is -3.76. The van der Waals surface area contributed by atoms with E-state index in [9.17, 15) is 13.2 Å². The molecule has 3 unspecified atom stereocenters. The van der Waals surface area contributed by atoms with Crippen LogP contribution in [0, 0.1) is 0 Å². The quantitative estimate of drug-likeness (QED) is 0.276. The number of nitrogens with zero attached hydrogens (tertiary/aromatic N) is 4. The third kappa shape index (κ3) is 5.97. The number of sulfonamides is 1. The lowest BCUT2D eigenvalue weighted by atomic mass is 10.1. The maximum atomic E-state index is 13.7. The summed E-state index contributed by atoms with van der Waals surface area (Å²) < 4.78 is 42.5. The molecule has 0 aliphatic carbocycles. The lowest BCUT2D eigenvalue weighted by Gasteiger charge is -2.34. The topological polar surface area (TPSA) is 94.0 Å². The number of thiocarbonyl (C=S) groups is 1. The van der Waals surface area contributed by atoms with E-state index in [0.717, 1.165) is 18.5 Å². The van der Waals surface area contributed by atoms with Crippen LogP contribution in [0.2, 0.25) is 0 Å². The zero-order chi connectivity index (χ0) is 29.4. The van der Waals surface area contributed by atoms with Crippen molar-refractivity contribution < 1.29 is 22.7 Å². The Labute approximate surface area is 255 Å². The predicted molar refractivity (Wildman–Crippen MR) is 167 cm³/mol. The summed E-state index contributed by atoms with van der Waals surface area (Å²) in [5, 5.41) is 4.86. The molecule has 3 aromatic rings. The molecule has 6 rings (SSSR count). The van der Waals surface area contributed by atoms with Crippen molar-refractivity contribution in [1.29, 1.82) is 0 Å². The smallest absolute Gasteiger partial charge is 0.266 e. The number of carbonyl (C=O) groups is 1. The van der Waals surface area contributed by atoms with Gasteiger partial charge in [-0.2, -0.15) is 9.40 Å². The summed E-state index contributed by atoms with van der Waals surface area (Å²) in [7, 11) is -3.76. The Morgan fingerprint density at radius 2 is 1.86 bits per heavy atom. The average molecular weight is 625 g/mol. The first kappa shape index (κ1) is 29.2. The molecule has 3 fully saturated rings. The van der Waals surface area contributed by atoms with Gasteiger partial charge in [0.05, 0.1) is 40.3 Å². The number of amides is 1. The minimum Gasteiger partial charge on any atom is -0.376 e. The third-order valence-electron chi connectivity index (χ3n) is 7.47. The highest BCUT2D eigenvalue weighted by molar-refractivity contribution is 8.26. The molecule has 3 atom stereocenters. The molecule has 9 nitrogen and oxygen atoms in total. The number of hydrogen-bond donors (Lipinski definition) is 0. The van der Waals surface area contributed by atoms with E-state index < -0.39 is 10.0 Å². The van der Waals surface area contributed by atoms with E-state index in [-0.39, 0.29) is 29.1 Å². The summed E-state index contributed by atoms with van der Waals surface area (Å²) in [6, 6.07) is 16.4. The van der Waals surface area contributed by atoms with Gasteiger partial charge in [0.25, 0.3) is 5.91 Å². The predicted octanol–water partition coefficient (Wildman–Crippen LogP) is 4.72. The fourth-order valence-corrected chi connectivity index (χ4v) is 8.40. The van der Waals surface area contributed by atoms with Crippen LogP contribution in [0.5, 0.6) is 0 Å². The first-order valence-electron chi connectivity index (χ1n) is 14.0. The van der Waals surface area contributed by atoms with E-state index in [0.29, 0.717) is 52.3 Å². The molecule has 0 radical (unpaired) electrons. The highest BCUT2D eigenvalue weighted by Crippen LogP contribution is 2.36. The van der Waals surface area contributed by atoms with Gasteiger partial charge < -0.3 is 9.47 Å². The lowest BCUT2D eigenvalue weighted by molar-refractivity contribution is -0.123. The van der Waals surface area contributed by atoms with Crippen molar-refractivity contribution in [3.8, 4) is 16.9 Å². The Hall–Kier alpha value is -2.87. The zero-order valence-electron chi connectivity index (χ0n) is 23.4. The molecule has 0 bridgehead atoms. The zero-order valence-corrected chi connectivity index (χ0v) is 25.8. The lowest BCUT2D eigenvalue weighted by Crippen LogP contribution is -2.48. The maximum absolute atomic E-state index is 13.7. The summed E-state index contributed by atoms with van der Waals surface area (Å²) >= 11 is 6.82. The first-order chi connectivity index (χ1) is 20.2. The number of thioether (sulfide) groups is 1. The second kappa shape index (κ2) is 12.0. The van der Waals surface area contributed by atoms with Gasteiger partial charge in [0, 0.05) is 37.0 Å². The molecule has 1 aromatic heterocycles. The van der Waals surface area contributed by atoms with Crippen molar-refractivity contribution in [3.05, 3.63) is 71.3 Å². The molecule has 42 heavy (non-hydrogen) atoms. The van der Waals surface area contributed by atoms with Gasteiger partial charge in [-0.1, -0.05) is 54.3 Å². The van der Waals surface area contributed by atoms with Crippen LogP contribution < -0.4 is 0 Å². The summed E-state index contributed by atoms with van der Waals surface area (Å²) in [6.07, 6.45) is 5.14. The number of ether oxygens (including phenoxy) is 2. The van der Waals surface area contributed by atoms with Gasteiger partial charge in [0.15, 0.2) is 0 Å². The van der Waals surface area contributed by atoms with Crippen LogP contribution in [-0.4, -0.2) is 82.2 Å². The van der Waals surface area contributed by atoms with E-state index in [4.69, 9.17) is 26.8 Å². The molecule has 0 spiro atoms. The second-order valence-corrected chi connectivity index (χ2v) is 14.4. The number of rotatable bonds is 7. The van der Waals surface area contributed by atoms with Crippen molar-refractivity contribution >= 4 is 50.3 Å². The Morgan fingerprint density at radius 1 is 1.10 bits per heavy atom. The summed E-state index contributed by atoms with van der Waals surface area (Å²) in [4.78, 5) is 15.7. The number of carbonyl (C=O) groups excluding carboxylic acids is 1. The van der Waals surface area contributed by atoms with Crippen molar-refractivity contribution in [1.82, 2.24) is 19.0 Å². The van der Waals surface area contributed by atoms with E-state index in [1.807, 2.05) is 56.4 Å². The van der Waals surface area contributed by atoms with Crippen molar-refractivity contribution in [3.63, 3.8) is 0 Å². The number of benzene rings is 2. The second-order valence-electron chi connectivity index (χ2n) is 10.7. The maximum Gasteiger partial charge on any atom is 0.266 e. The molecule has 2 aromatic carbocycles. The molecule has 220 valence electrons. The van der Waals surface area contributed by atoms with Gasteiger partial charge in [0.1, 0.15) is 10.0 Å². The third-order valence-corrected chi connectivity index (χ3v) is 10.7. The standard InChI is InChI=1S/C30H32N4O5S3/c1-20-16-32(17-21(2)39-20)42(36,37)26-12-6-8-22(14-26)28-23(18-34(31-28)24-9-4-3-5-10-24)15-27-29(35)33(30(40)41-27)19-25-11-7-13-38-25/h3-6,8-10,12,14-15,18,20-21,25H,7,11,13,16-17,19H2,1-2H3. The Morgan fingerprint density at radius 3 is 2.57 bits per heavy atom. The van der Waals surface area contributed by atoms with E-state index >= 15 is 0 Å². The molecule has 1 amide bonds. The van der Waals surface area contributed by atoms with E-state index in [1.54, 1.807) is 33.9 Å². The van der Waals surface area contributed by atoms with Crippen LogP contribution in [0.3, 0.4) is 0 Å². The van der Waals surface area contributed by atoms with Crippen molar-refractivity contribution in [2.24, 2.45) is 0 Å². The van der Waals surface area contributed by atoms with Gasteiger partial charge >= 0.3 is 0 Å². The molecule has 4 heterocycles. The van der Waals surface area contributed by atoms with Gasteiger partial charge in [-0.15, -0.1) is 0 Å². The Bertz CT molecular complexity index is 1620. The molecule has 3 saturated heterocycles. The van der Waals surface area contributed by atoms with Crippen LogP contribution >= 0.6 is 24.0 Å². The van der Waals surface area contributed by atoms with Crippen LogP contribution in [0.25, 0.3) is 23.0 Å². The minimum absolute atomic E-state index is 0.00891. The van der Waals surface area contributed by atoms with Crippen LogP contribution in [-0.2, 0) is 24.3 Å². The van der Waals surface area contributed by atoms with Crippen LogP contribution in [0.15, 0.2) is 70.6 Å². The van der Waals surface area contributed by atoms with Crippen molar-refractivity contribution in [2.75, 3.05) is 26.2 Å². The van der Waals surface area contributed by atoms with Crippen molar-refractivity contribution in [2.45, 2.75) is 49.9 Å². The summed E-state index contributed by atoms with van der Waals surface area (Å²) in [5.74, 6) is -0.161. The highest BCUT2D eigenvalue weighted by atomic mass is 32.2. The van der Waals surface area contributed by atoms with Crippen LogP contribution in [0.1, 0.15) is 32.3 Å². The monoisotopic (exact) mass is 624 g/mol. The Kier molecular flexibility index (Phi) is 8.36. The largest absolute Gasteiger partial charge is 0.376 e. The van der Waals surface area contributed by atoms with Gasteiger partial charge in [0.2, 0.25) is 10.0 Å². The fraction of sp³-hybridized carbons (Fsp3) is 0.367. The highest BCUT2D eigenvalue weighted by Gasteiger charge is 2.35. The van der Waals surface area contributed by atoms with E-state index in [1.165, 1.54) is 16.1 Å². The molecule has 0 N–H and O–H groups in total. The van der Waals surface area contributed by atoms with E-state index in [2.05, 4.69) is 0 Å². The SMILES string of the molecule is CC1CN(S(=O)(=O)c2cccc(-c3nn(-c4ccccc4)cc3C=C3SC(=S)N(CC4CCCO4)C3=O)c2)CC(C)O1. The van der Waals surface area contributed by atoms with Gasteiger partial charge in [-0.25, -0.2) is 13.1 Å². The average Bonchev–Trinajstić information content (AvgIpc) is 3.71. The number of para-hydroxylation sites is 1. The van der Waals surface area contributed by atoms with Gasteiger partial charge in [-0.05, 0) is 57.0 Å². The summed E-state index contributed by atoms with van der Waals surface area (Å²) in [5.41, 5.74) is 2.70. The van der Waals surface area contributed by atoms with Gasteiger partial charge in [-0.3, -0.25) is 9.69 Å². The fourth-order valence-electron chi connectivity index (χ4n) is 5.50. The van der Waals surface area contributed by atoms with Crippen LogP contribution in [0.4, 0.5) is 0 Å². The molecule has 3 aliphatic rings. The first-order valence-corrected chi connectivity index (χ1v) is 16.6. The molecule has 0 saturated carbocycles. The molecule has 12 heteroatoms. The molecular weight excluding hydrogens is 593 g/mol. The number of aromatic nitrogens is 2. The molecular formula is C30H32N4O5S3.